The first-order valence-corrected chi connectivity index (χ1v) is 6.06. The van der Waals surface area contributed by atoms with Crippen LogP contribution in [0.2, 0.25) is 0 Å². The Hall–Kier alpha value is -2.89. The van der Waals surface area contributed by atoms with Crippen LogP contribution in [0.5, 0.6) is 0 Å². The smallest absolute Gasteiger partial charge is 0.258 e. The molecule has 0 spiro atoms. The number of halogens is 3. The topological polar surface area (TPSA) is 81.9 Å². The Morgan fingerprint density at radius 1 is 1.36 bits per heavy atom. The predicted octanol–water partition coefficient (Wildman–Crippen LogP) is 3.18. The molecule has 2 aromatic rings. The number of aromatic nitrogens is 2. The van der Waals surface area contributed by atoms with E-state index in [1.54, 1.807) is 19.1 Å². The fraction of sp³-hybridized carbons (Fsp3) is 0.231. The molecule has 1 aromatic carbocycles. The molecule has 0 fully saturated rings. The first kappa shape index (κ1) is 15.5. The summed E-state index contributed by atoms with van der Waals surface area (Å²) in [5.74, 6) is 0. The van der Waals surface area contributed by atoms with E-state index in [0.717, 1.165) is 10.9 Å². The first-order chi connectivity index (χ1) is 10.2. The lowest BCUT2D eigenvalue weighted by molar-refractivity contribution is -0.730. The minimum Gasteiger partial charge on any atom is -0.258 e. The average molecular weight is 311 g/mol. The van der Waals surface area contributed by atoms with Crippen molar-refractivity contribution in [2.24, 2.45) is 0 Å². The third-order valence-electron chi connectivity index (χ3n) is 3.11. The van der Waals surface area contributed by atoms with Crippen LogP contribution in [0.25, 0.3) is 0 Å². The van der Waals surface area contributed by atoms with E-state index >= 15 is 0 Å². The van der Waals surface area contributed by atoms with Gasteiger partial charge < -0.3 is 0 Å². The number of nitrogens with zero attached hydrogens (tertiary/aromatic N) is 4. The SMILES string of the molecule is CC(c1ccc(C#N)cc1)n1cc([N+](=O)O)c(C(F)(F)F)n1. The fourth-order valence-corrected chi connectivity index (χ4v) is 1.91. The second-order valence-corrected chi connectivity index (χ2v) is 4.52. The van der Waals surface area contributed by atoms with Crippen molar-refractivity contribution in [3.8, 4) is 6.07 Å². The Bertz CT molecular complexity index is 744. The van der Waals surface area contributed by atoms with E-state index in [2.05, 4.69) is 5.10 Å². The maximum absolute atomic E-state index is 12.8. The highest BCUT2D eigenvalue weighted by Crippen LogP contribution is 2.35. The van der Waals surface area contributed by atoms with E-state index in [4.69, 9.17) is 10.5 Å². The van der Waals surface area contributed by atoms with Gasteiger partial charge in [-0.25, -0.2) is 5.21 Å². The van der Waals surface area contributed by atoms with Gasteiger partial charge in [0, 0.05) is 0 Å². The lowest BCUT2D eigenvalue weighted by atomic mass is 10.1. The van der Waals surface area contributed by atoms with E-state index < -0.39 is 28.5 Å². The number of nitriles is 1. The summed E-state index contributed by atoms with van der Waals surface area (Å²) < 4.78 is 39.3. The van der Waals surface area contributed by atoms with Gasteiger partial charge in [-0.2, -0.15) is 23.5 Å². The predicted molar refractivity (Wildman–Crippen MR) is 67.3 cm³/mol. The summed E-state index contributed by atoms with van der Waals surface area (Å²) >= 11 is 0. The molecule has 0 bridgehead atoms. The maximum atomic E-state index is 12.8. The molecule has 6 nitrogen and oxygen atoms in total. The molecule has 1 atom stereocenters. The van der Waals surface area contributed by atoms with Crippen LogP contribution in [0.3, 0.4) is 0 Å². The van der Waals surface area contributed by atoms with Crippen LogP contribution in [0.1, 0.15) is 29.8 Å². The van der Waals surface area contributed by atoms with E-state index in [0.29, 0.717) is 11.1 Å². The van der Waals surface area contributed by atoms with E-state index in [1.165, 1.54) is 12.1 Å². The van der Waals surface area contributed by atoms with Gasteiger partial charge in [-0.05, 0) is 24.6 Å². The summed E-state index contributed by atoms with van der Waals surface area (Å²) in [5.41, 5.74) is -1.44. The van der Waals surface area contributed by atoms with Crippen molar-refractivity contribution >= 4 is 5.69 Å². The summed E-state index contributed by atoms with van der Waals surface area (Å²) in [6.45, 7) is 1.57. The number of rotatable bonds is 3. The van der Waals surface area contributed by atoms with Gasteiger partial charge in [-0.1, -0.05) is 12.1 Å². The van der Waals surface area contributed by atoms with Crippen molar-refractivity contribution in [3.05, 3.63) is 52.2 Å². The molecule has 0 saturated carbocycles. The molecular weight excluding hydrogens is 301 g/mol. The van der Waals surface area contributed by atoms with Crippen LogP contribution >= 0.6 is 0 Å². The lowest BCUT2D eigenvalue weighted by Crippen LogP contribution is -2.12. The number of hydrogen-bond acceptors (Lipinski definition) is 3. The average Bonchev–Trinajstić information content (AvgIpc) is 2.92. The van der Waals surface area contributed by atoms with Crippen molar-refractivity contribution in [3.63, 3.8) is 0 Å². The third-order valence-corrected chi connectivity index (χ3v) is 3.11. The third kappa shape index (κ3) is 2.90. The summed E-state index contributed by atoms with van der Waals surface area (Å²) in [7, 11) is 0. The highest BCUT2D eigenvalue weighted by Gasteiger charge is 2.44. The van der Waals surface area contributed by atoms with Gasteiger partial charge in [-0.15, -0.1) is 0 Å². The molecule has 0 saturated heterocycles. The van der Waals surface area contributed by atoms with Gasteiger partial charge in [0.1, 0.15) is 6.20 Å². The highest BCUT2D eigenvalue weighted by molar-refractivity contribution is 5.36. The number of hydrogen-bond donors (Lipinski definition) is 1. The Morgan fingerprint density at radius 2 is 1.95 bits per heavy atom. The largest absolute Gasteiger partial charge is 0.442 e. The molecule has 0 radical (unpaired) electrons. The zero-order chi connectivity index (χ0) is 16.5. The van der Waals surface area contributed by atoms with Crippen molar-refractivity contribution in [1.82, 2.24) is 9.78 Å². The summed E-state index contributed by atoms with van der Waals surface area (Å²) in [6.07, 6.45) is -4.05. The maximum Gasteiger partial charge on any atom is 0.442 e. The van der Waals surface area contributed by atoms with Crippen molar-refractivity contribution < 1.29 is 23.3 Å². The van der Waals surface area contributed by atoms with Gasteiger partial charge in [0.2, 0.25) is 5.69 Å². The number of alkyl halides is 3. The Morgan fingerprint density at radius 3 is 2.36 bits per heavy atom. The zero-order valence-electron chi connectivity index (χ0n) is 11.2. The molecule has 9 heteroatoms. The molecule has 1 N–H and O–H groups in total. The van der Waals surface area contributed by atoms with Crippen molar-refractivity contribution in [2.75, 3.05) is 0 Å². The molecule has 1 heterocycles. The lowest BCUT2D eigenvalue weighted by Gasteiger charge is -2.12. The summed E-state index contributed by atoms with van der Waals surface area (Å²) in [5, 5.41) is 20.9. The van der Waals surface area contributed by atoms with Gasteiger partial charge >= 0.3 is 11.9 Å². The zero-order valence-corrected chi connectivity index (χ0v) is 11.2. The number of benzene rings is 1. The summed E-state index contributed by atoms with van der Waals surface area (Å²) in [6, 6.07) is 7.50. The fourth-order valence-electron chi connectivity index (χ4n) is 1.91. The second kappa shape index (κ2) is 5.48. The Balaban J connectivity index is 2.43. The van der Waals surface area contributed by atoms with Gasteiger partial charge in [0.15, 0.2) is 0 Å². The van der Waals surface area contributed by atoms with Gasteiger partial charge in [-0.3, -0.25) is 4.68 Å². The molecule has 1 unspecified atom stereocenters. The van der Waals surface area contributed by atoms with E-state index in [9.17, 15) is 18.1 Å². The Labute approximate surface area is 122 Å². The molecule has 0 aliphatic heterocycles. The van der Waals surface area contributed by atoms with E-state index in [-0.39, 0.29) is 0 Å². The monoisotopic (exact) mass is 311 g/mol. The van der Waals surface area contributed by atoms with E-state index in [1.807, 2.05) is 6.07 Å². The molecule has 0 aliphatic rings. The molecule has 22 heavy (non-hydrogen) atoms. The minimum atomic E-state index is -4.86. The van der Waals surface area contributed by atoms with Crippen molar-refractivity contribution in [2.45, 2.75) is 19.1 Å². The normalized spacial score (nSPS) is 12.7. The molecule has 114 valence electrons. The van der Waals surface area contributed by atoms with Crippen molar-refractivity contribution in [1.29, 1.82) is 5.26 Å². The van der Waals surface area contributed by atoms with Gasteiger partial charge in [0.25, 0.3) is 4.92 Å². The standard InChI is InChI=1S/C13H10F3N4O2/c1-8(10-4-2-9(6-17)3-5-10)19-7-11(20(21)22)12(18-19)13(14,15)16/h2-5,7-8H,1H3,(H,21,22)/q+1. The van der Waals surface area contributed by atoms with Crippen LogP contribution < -0.4 is 0 Å². The van der Waals surface area contributed by atoms with Crippen LogP contribution in [0, 0.1) is 16.2 Å². The molecule has 2 rings (SSSR count). The first-order valence-electron chi connectivity index (χ1n) is 6.06. The van der Waals surface area contributed by atoms with Gasteiger partial charge in [0.05, 0.1) is 22.6 Å². The highest BCUT2D eigenvalue weighted by atomic mass is 19.4. The Kier molecular flexibility index (Phi) is 3.86. The van der Waals surface area contributed by atoms with Crippen LogP contribution in [0.4, 0.5) is 18.9 Å². The van der Waals surface area contributed by atoms with Crippen LogP contribution in [0.15, 0.2) is 30.5 Å². The quantitative estimate of drug-likeness (QED) is 0.883. The second-order valence-electron chi connectivity index (χ2n) is 4.52. The molecule has 0 amide bonds. The minimum absolute atomic E-state index is 0.411. The molecule has 0 aliphatic carbocycles. The van der Waals surface area contributed by atoms with Crippen LogP contribution in [-0.4, -0.2) is 19.9 Å². The molecule has 1 aromatic heterocycles. The summed E-state index contributed by atoms with van der Waals surface area (Å²) in [4.78, 5) is 9.99. The molecular formula is C13H10F3N4O2+. The van der Waals surface area contributed by atoms with Crippen LogP contribution in [-0.2, 0) is 6.18 Å².